The van der Waals surface area contributed by atoms with Crippen molar-refractivity contribution in [3.05, 3.63) is 12.4 Å². The fourth-order valence-electron chi connectivity index (χ4n) is 0.239. The maximum absolute atomic E-state index is 2.68. The number of H-pyrrole nitrogens is 4. The molecule has 0 bridgehead atoms. The van der Waals surface area contributed by atoms with Crippen LogP contribution in [-0.2, 0) is 0 Å². The van der Waals surface area contributed by atoms with Crippen molar-refractivity contribution in [2.75, 3.05) is 0 Å². The third-order valence-corrected chi connectivity index (χ3v) is 0.457. The molecule has 4 N–H and O–H groups in total. The van der Waals surface area contributed by atoms with Crippen molar-refractivity contribution in [3.63, 3.8) is 0 Å². The Balaban J connectivity index is 3.00. The topological polar surface area (TPSA) is 63.2 Å². The molecule has 4 heteroatoms. The highest BCUT2D eigenvalue weighted by atomic mass is 15.4. The summed E-state index contributed by atoms with van der Waals surface area (Å²) in [6.45, 7) is 0. The molecule has 0 saturated heterocycles. The van der Waals surface area contributed by atoms with Gasteiger partial charge in [0.1, 0.15) is 0 Å². The summed E-state index contributed by atoms with van der Waals surface area (Å²) in [7, 11) is 0. The lowest BCUT2D eigenvalue weighted by atomic mass is 11.0. The summed E-state index contributed by atoms with van der Waals surface area (Å²) in [6, 6.07) is 0. The number of hydrogen-bond donors (Lipinski definition) is 4. The highest BCUT2D eigenvalue weighted by Crippen LogP contribution is 1.53. The predicted molar refractivity (Wildman–Crippen MR) is 21.5 cm³/mol. The molecule has 0 fully saturated rings. The van der Waals surface area contributed by atoms with Gasteiger partial charge in [0.15, 0.2) is 0 Å². The van der Waals surface area contributed by atoms with Crippen LogP contribution in [-0.4, -0.2) is 20.6 Å². The standard InChI is InChI=1S/C2H6N4/c1-2-4-6-5-3-1/h1-6H. The third kappa shape index (κ3) is 0.453. The zero-order valence-electron chi connectivity index (χ0n) is 3.15. The van der Waals surface area contributed by atoms with Gasteiger partial charge in [0.2, 0.25) is 0 Å². The van der Waals surface area contributed by atoms with Crippen LogP contribution in [0.3, 0.4) is 0 Å². The molecule has 0 atom stereocenters. The van der Waals surface area contributed by atoms with E-state index in [-0.39, 0.29) is 0 Å². The van der Waals surface area contributed by atoms with E-state index in [0.717, 1.165) is 0 Å². The van der Waals surface area contributed by atoms with Crippen LogP contribution in [0, 0.1) is 0 Å². The first-order valence-corrected chi connectivity index (χ1v) is 1.66. The summed E-state index contributed by atoms with van der Waals surface area (Å²) in [4.78, 5) is 0. The molecule has 0 radical (unpaired) electrons. The Kier molecular flexibility index (Phi) is 0.731. The second-order valence-corrected chi connectivity index (χ2v) is 0.872. The quantitative estimate of drug-likeness (QED) is 0.346. The molecule has 0 amide bonds. The summed E-state index contributed by atoms with van der Waals surface area (Å²) in [5.74, 6) is 0. The second-order valence-electron chi connectivity index (χ2n) is 0.872. The summed E-state index contributed by atoms with van der Waals surface area (Å²) in [5.41, 5.74) is 0. The largest absolute Gasteiger partial charge is 0.292 e. The Bertz CT molecular complexity index is 77.5. The van der Waals surface area contributed by atoms with E-state index < -0.39 is 0 Å². The fourth-order valence-corrected chi connectivity index (χ4v) is 0.239. The smallest absolute Gasteiger partial charge is 0.0370 e. The lowest BCUT2D eigenvalue weighted by Gasteiger charge is -1.81. The van der Waals surface area contributed by atoms with Gasteiger partial charge in [-0.05, 0) is 0 Å². The van der Waals surface area contributed by atoms with Gasteiger partial charge in [0.25, 0.3) is 0 Å². The Hall–Kier alpha value is -1.06. The highest BCUT2D eigenvalue weighted by molar-refractivity contribution is 4.52. The summed E-state index contributed by atoms with van der Waals surface area (Å²) in [5, 5.41) is 10.5. The molecule has 4 nitrogen and oxygen atoms in total. The molecule has 0 spiro atoms. The number of hydrogen-bond acceptors (Lipinski definition) is 0. The third-order valence-electron chi connectivity index (χ3n) is 0.457. The van der Waals surface area contributed by atoms with E-state index in [1.165, 1.54) is 0 Å². The van der Waals surface area contributed by atoms with Crippen LogP contribution in [0.1, 0.15) is 0 Å². The van der Waals surface area contributed by atoms with Gasteiger partial charge in [-0.3, -0.25) is 10.2 Å². The van der Waals surface area contributed by atoms with Crippen LogP contribution in [0.5, 0.6) is 0 Å². The average Bonchev–Trinajstić information content (AvgIpc) is 1.72. The summed E-state index contributed by atoms with van der Waals surface area (Å²) >= 11 is 0. The first kappa shape index (κ1) is 3.14. The SMILES string of the molecule is c1c[nH][nH][nH][nH]1. The fraction of sp³-hybridized carbons (Fsp3) is 0. The van der Waals surface area contributed by atoms with E-state index in [4.69, 9.17) is 0 Å². The van der Waals surface area contributed by atoms with Crippen LogP contribution < -0.4 is 0 Å². The molecule has 1 aromatic heterocycles. The van der Waals surface area contributed by atoms with E-state index in [9.17, 15) is 0 Å². The Morgan fingerprint density at radius 3 is 1.50 bits per heavy atom. The van der Waals surface area contributed by atoms with Crippen molar-refractivity contribution in [1.82, 2.24) is 20.6 Å². The summed E-state index contributed by atoms with van der Waals surface area (Å²) in [6.07, 6.45) is 3.47. The van der Waals surface area contributed by atoms with Crippen LogP contribution in [0.15, 0.2) is 12.4 Å². The number of aromatic amines is 4. The van der Waals surface area contributed by atoms with Crippen molar-refractivity contribution in [3.8, 4) is 0 Å². The number of aromatic nitrogens is 4. The van der Waals surface area contributed by atoms with Gasteiger partial charge in [-0.15, -0.1) is 0 Å². The maximum Gasteiger partial charge on any atom is 0.0370 e. The Morgan fingerprint density at radius 2 is 1.33 bits per heavy atom. The molecule has 0 saturated carbocycles. The number of rotatable bonds is 0. The van der Waals surface area contributed by atoms with Crippen molar-refractivity contribution in [2.24, 2.45) is 0 Å². The molecule has 1 aromatic rings. The molecular weight excluding hydrogens is 80.0 g/mol. The molecular formula is C2H6N4. The van der Waals surface area contributed by atoms with Gasteiger partial charge < -0.3 is 0 Å². The molecule has 6 heavy (non-hydrogen) atoms. The average molecular weight is 86.1 g/mol. The van der Waals surface area contributed by atoms with Crippen molar-refractivity contribution < 1.29 is 0 Å². The Labute approximate surface area is 34.2 Å². The van der Waals surface area contributed by atoms with Gasteiger partial charge in [0, 0.05) is 12.4 Å². The minimum Gasteiger partial charge on any atom is -0.292 e. The van der Waals surface area contributed by atoms with E-state index >= 15 is 0 Å². The van der Waals surface area contributed by atoms with Crippen LogP contribution in [0.4, 0.5) is 0 Å². The van der Waals surface area contributed by atoms with Crippen LogP contribution in [0.2, 0.25) is 0 Å². The maximum atomic E-state index is 2.68. The first-order valence-electron chi connectivity index (χ1n) is 1.66. The van der Waals surface area contributed by atoms with Gasteiger partial charge in [-0.25, -0.2) is 10.4 Å². The van der Waals surface area contributed by atoms with Gasteiger partial charge in [0.05, 0.1) is 0 Å². The van der Waals surface area contributed by atoms with Gasteiger partial charge in [-0.2, -0.15) is 0 Å². The summed E-state index contributed by atoms with van der Waals surface area (Å²) < 4.78 is 0. The minimum atomic E-state index is 1.73. The second kappa shape index (κ2) is 1.40. The van der Waals surface area contributed by atoms with Crippen molar-refractivity contribution >= 4 is 0 Å². The molecule has 34 valence electrons. The lowest BCUT2D eigenvalue weighted by molar-refractivity contribution is 0.761. The zero-order valence-corrected chi connectivity index (χ0v) is 3.15. The predicted octanol–water partition coefficient (Wildman–Crippen LogP) is 0.123. The molecule has 0 aromatic carbocycles. The van der Waals surface area contributed by atoms with E-state index in [2.05, 4.69) is 20.6 Å². The van der Waals surface area contributed by atoms with Crippen LogP contribution in [0.25, 0.3) is 0 Å². The van der Waals surface area contributed by atoms with Crippen molar-refractivity contribution in [2.45, 2.75) is 0 Å². The number of nitrogens with one attached hydrogen (secondary N) is 4. The van der Waals surface area contributed by atoms with E-state index in [0.29, 0.717) is 0 Å². The molecule has 1 heterocycles. The zero-order chi connectivity index (χ0) is 4.24. The molecule has 0 aliphatic carbocycles. The van der Waals surface area contributed by atoms with E-state index in [1.54, 1.807) is 12.4 Å². The molecule has 0 aliphatic heterocycles. The Morgan fingerprint density at radius 1 is 0.833 bits per heavy atom. The van der Waals surface area contributed by atoms with Crippen LogP contribution >= 0.6 is 0 Å². The highest BCUT2D eigenvalue weighted by Gasteiger charge is 1.49. The molecule has 1 rings (SSSR count). The van der Waals surface area contributed by atoms with Crippen molar-refractivity contribution in [1.29, 1.82) is 0 Å². The minimum absolute atomic E-state index is 1.73. The normalized spacial score (nSPS) is 8.00. The van der Waals surface area contributed by atoms with Gasteiger partial charge >= 0.3 is 0 Å². The van der Waals surface area contributed by atoms with Gasteiger partial charge in [-0.1, -0.05) is 0 Å². The van der Waals surface area contributed by atoms with E-state index in [1.807, 2.05) is 0 Å². The monoisotopic (exact) mass is 86.1 g/mol. The molecule has 0 unspecified atom stereocenters. The first-order chi connectivity index (χ1) is 3.00. The lowest BCUT2D eigenvalue weighted by Crippen LogP contribution is -1.84. The molecule has 0 aliphatic rings.